The molecule has 0 saturated carbocycles. The highest BCUT2D eigenvalue weighted by Crippen LogP contribution is 2.31. The minimum absolute atomic E-state index is 0.0651. The molecule has 0 N–H and O–H groups in total. The van der Waals surface area contributed by atoms with Crippen molar-refractivity contribution in [2.45, 2.75) is 17.5 Å². The Kier molecular flexibility index (Phi) is 7.18. The first kappa shape index (κ1) is 25.7. The lowest BCUT2D eigenvalue weighted by Crippen LogP contribution is -2.49. The molecule has 2 heterocycles. The Balaban J connectivity index is 1.22. The van der Waals surface area contributed by atoms with Crippen LogP contribution in [0.3, 0.4) is 0 Å². The Morgan fingerprint density at radius 2 is 1.28 bits per heavy atom. The van der Waals surface area contributed by atoms with Crippen LogP contribution in [0.25, 0.3) is 10.2 Å². The lowest BCUT2D eigenvalue weighted by molar-refractivity contribution is 0.156. The lowest BCUT2D eigenvalue weighted by atomic mass is 9.96. The summed E-state index contributed by atoms with van der Waals surface area (Å²) in [6.07, 6.45) is 0. The number of fused-ring (bicyclic) bond motifs is 1. The minimum Gasteiger partial charge on any atom is -0.294 e. The van der Waals surface area contributed by atoms with E-state index in [1.165, 1.54) is 11.1 Å². The molecule has 4 aromatic carbocycles. The van der Waals surface area contributed by atoms with Gasteiger partial charge in [-0.15, -0.1) is 0 Å². The molecule has 0 atom stereocenters. The van der Waals surface area contributed by atoms with E-state index < -0.39 is 10.0 Å². The molecule has 1 aliphatic heterocycles. The van der Waals surface area contributed by atoms with Gasteiger partial charge in [0, 0.05) is 26.2 Å². The maximum absolute atomic E-state index is 13.7. The number of nitrogens with zero attached hydrogens (tertiary/aromatic N) is 3. The van der Waals surface area contributed by atoms with Crippen molar-refractivity contribution in [1.82, 2.24) is 13.8 Å². The van der Waals surface area contributed by atoms with E-state index >= 15 is 0 Å². The number of piperazine rings is 1. The van der Waals surface area contributed by atoms with Crippen molar-refractivity contribution in [3.05, 3.63) is 136 Å². The lowest BCUT2D eigenvalue weighted by Gasteiger charge is -2.39. The maximum Gasteiger partial charge on any atom is 0.308 e. The van der Waals surface area contributed by atoms with Crippen LogP contribution >= 0.6 is 11.3 Å². The summed E-state index contributed by atoms with van der Waals surface area (Å²) in [7, 11) is -3.69. The number of thiazole rings is 1. The highest BCUT2D eigenvalue weighted by Gasteiger charge is 2.32. The number of sulfonamides is 1. The van der Waals surface area contributed by atoms with Crippen LogP contribution in [-0.4, -0.2) is 48.4 Å². The summed E-state index contributed by atoms with van der Waals surface area (Å²) in [5, 5.41) is 0. The van der Waals surface area contributed by atoms with Crippen LogP contribution < -0.4 is 4.87 Å². The summed E-state index contributed by atoms with van der Waals surface area (Å²) >= 11 is 1.09. The molecule has 0 spiro atoms. The van der Waals surface area contributed by atoms with Gasteiger partial charge in [-0.3, -0.25) is 14.3 Å². The second kappa shape index (κ2) is 10.9. The molecule has 39 heavy (non-hydrogen) atoms. The van der Waals surface area contributed by atoms with Crippen molar-refractivity contribution in [2.24, 2.45) is 0 Å². The molecule has 0 amide bonds. The topological polar surface area (TPSA) is 62.6 Å². The van der Waals surface area contributed by atoms with E-state index in [9.17, 15) is 13.2 Å². The van der Waals surface area contributed by atoms with E-state index in [-0.39, 0.29) is 15.8 Å². The Labute approximate surface area is 232 Å². The summed E-state index contributed by atoms with van der Waals surface area (Å²) < 4.78 is 31.3. The third-order valence-corrected chi connectivity index (χ3v) is 10.2. The van der Waals surface area contributed by atoms with E-state index in [1.54, 1.807) is 27.1 Å². The Bertz CT molecular complexity index is 1690. The first-order valence-electron chi connectivity index (χ1n) is 13.0. The second-order valence-corrected chi connectivity index (χ2v) is 12.7. The molecule has 0 aliphatic carbocycles. The summed E-state index contributed by atoms with van der Waals surface area (Å²) in [6, 6.07) is 35.6. The van der Waals surface area contributed by atoms with Gasteiger partial charge < -0.3 is 0 Å². The van der Waals surface area contributed by atoms with Gasteiger partial charge in [0.1, 0.15) is 0 Å². The molecule has 6 nitrogen and oxygen atoms in total. The molecule has 5 aromatic rings. The molecule has 0 radical (unpaired) electrons. The van der Waals surface area contributed by atoms with Crippen LogP contribution in [0, 0.1) is 0 Å². The summed E-state index contributed by atoms with van der Waals surface area (Å²) in [5.41, 5.74) is 4.17. The molecular weight excluding hydrogens is 526 g/mol. The van der Waals surface area contributed by atoms with Gasteiger partial charge in [0.25, 0.3) is 0 Å². The first-order chi connectivity index (χ1) is 19.0. The standard InChI is InChI=1S/C31H29N3O3S2/c35-31-34(23-24-10-4-1-5-11-24)28-17-16-27(22-29(28)38-31)39(36,37)33-20-18-32(19-21-33)30(25-12-6-2-7-13-25)26-14-8-3-9-15-26/h1-17,22,30H,18-21,23H2. The number of rotatable bonds is 7. The van der Waals surface area contributed by atoms with Crippen LogP contribution in [0.1, 0.15) is 22.7 Å². The van der Waals surface area contributed by atoms with Gasteiger partial charge in [0.15, 0.2) is 0 Å². The van der Waals surface area contributed by atoms with E-state index in [1.807, 2.05) is 66.7 Å². The molecule has 0 unspecified atom stereocenters. The number of hydrogen-bond donors (Lipinski definition) is 0. The van der Waals surface area contributed by atoms with Gasteiger partial charge >= 0.3 is 4.87 Å². The van der Waals surface area contributed by atoms with Gasteiger partial charge in [-0.05, 0) is 34.9 Å². The van der Waals surface area contributed by atoms with Gasteiger partial charge in [-0.25, -0.2) is 8.42 Å². The molecule has 1 aromatic heterocycles. The van der Waals surface area contributed by atoms with Crippen LogP contribution in [0.2, 0.25) is 0 Å². The van der Waals surface area contributed by atoms with Gasteiger partial charge in [0.2, 0.25) is 10.0 Å². The fraction of sp³-hybridized carbons (Fsp3) is 0.194. The van der Waals surface area contributed by atoms with Gasteiger partial charge in [-0.1, -0.05) is 102 Å². The quantitative estimate of drug-likeness (QED) is 0.277. The zero-order valence-corrected chi connectivity index (χ0v) is 23.0. The number of aromatic nitrogens is 1. The van der Waals surface area contributed by atoms with E-state index in [0.717, 1.165) is 22.4 Å². The van der Waals surface area contributed by atoms with Crippen LogP contribution in [0.15, 0.2) is 119 Å². The molecule has 8 heteroatoms. The van der Waals surface area contributed by atoms with Crippen LogP contribution in [-0.2, 0) is 16.6 Å². The second-order valence-electron chi connectivity index (χ2n) is 9.73. The predicted molar refractivity (Wildman–Crippen MR) is 157 cm³/mol. The van der Waals surface area contributed by atoms with Crippen molar-refractivity contribution >= 4 is 31.6 Å². The molecular formula is C31H29N3O3S2. The van der Waals surface area contributed by atoms with Crippen molar-refractivity contribution in [1.29, 1.82) is 0 Å². The molecule has 198 valence electrons. The van der Waals surface area contributed by atoms with Crippen molar-refractivity contribution in [3.8, 4) is 0 Å². The summed E-state index contributed by atoms with van der Waals surface area (Å²) in [4.78, 5) is 15.3. The van der Waals surface area contributed by atoms with Crippen molar-refractivity contribution < 1.29 is 8.42 Å². The van der Waals surface area contributed by atoms with E-state index in [2.05, 4.69) is 29.2 Å². The third kappa shape index (κ3) is 5.21. The molecule has 1 saturated heterocycles. The number of hydrogen-bond acceptors (Lipinski definition) is 5. The van der Waals surface area contributed by atoms with E-state index in [4.69, 9.17) is 0 Å². The highest BCUT2D eigenvalue weighted by atomic mass is 32.2. The fourth-order valence-electron chi connectivity index (χ4n) is 5.36. The SMILES string of the molecule is O=c1sc2cc(S(=O)(=O)N3CCN(C(c4ccccc4)c4ccccc4)CC3)ccc2n1Cc1ccccc1. The maximum atomic E-state index is 13.7. The van der Waals surface area contributed by atoms with Gasteiger partial charge in [0.05, 0.1) is 27.7 Å². The zero-order chi connectivity index (χ0) is 26.8. The van der Waals surface area contributed by atoms with Crippen molar-refractivity contribution in [3.63, 3.8) is 0 Å². The smallest absolute Gasteiger partial charge is 0.294 e. The monoisotopic (exact) mass is 555 g/mol. The number of benzene rings is 4. The normalized spacial score (nSPS) is 15.2. The van der Waals surface area contributed by atoms with E-state index in [0.29, 0.717) is 37.4 Å². The average molecular weight is 556 g/mol. The Morgan fingerprint density at radius 1 is 0.718 bits per heavy atom. The predicted octanol–water partition coefficient (Wildman–Crippen LogP) is 5.21. The first-order valence-corrected chi connectivity index (χ1v) is 15.3. The van der Waals surface area contributed by atoms with Crippen LogP contribution in [0.5, 0.6) is 0 Å². The van der Waals surface area contributed by atoms with Crippen molar-refractivity contribution in [2.75, 3.05) is 26.2 Å². The average Bonchev–Trinajstić information content (AvgIpc) is 3.29. The Hall–Kier alpha value is -3.56. The van der Waals surface area contributed by atoms with Gasteiger partial charge in [-0.2, -0.15) is 4.31 Å². The Morgan fingerprint density at radius 3 is 1.87 bits per heavy atom. The third-order valence-electron chi connectivity index (χ3n) is 7.33. The molecule has 1 aliphatic rings. The highest BCUT2D eigenvalue weighted by molar-refractivity contribution is 7.89. The molecule has 1 fully saturated rings. The fourth-order valence-corrected chi connectivity index (χ4v) is 7.81. The summed E-state index contributed by atoms with van der Waals surface area (Å²) in [6.45, 7) is 2.51. The zero-order valence-electron chi connectivity index (χ0n) is 21.4. The minimum atomic E-state index is -3.69. The largest absolute Gasteiger partial charge is 0.308 e. The molecule has 6 rings (SSSR count). The van der Waals surface area contributed by atoms with Crippen LogP contribution in [0.4, 0.5) is 0 Å². The summed E-state index contributed by atoms with van der Waals surface area (Å²) in [5.74, 6) is 0. The molecule has 0 bridgehead atoms.